The Morgan fingerprint density at radius 1 is 1.29 bits per heavy atom. The molecular weight excluding hydrogens is 293 g/mol. The van der Waals surface area contributed by atoms with Crippen LogP contribution in [0.25, 0.3) is 16.9 Å². The summed E-state index contributed by atoms with van der Waals surface area (Å²) >= 11 is 6.11. The first-order valence-corrected chi connectivity index (χ1v) is 6.91. The molecule has 0 aromatic carbocycles. The van der Waals surface area contributed by atoms with E-state index in [0.29, 0.717) is 34.9 Å². The van der Waals surface area contributed by atoms with Crippen LogP contribution < -0.4 is 5.73 Å². The monoisotopic (exact) mass is 303 g/mol. The number of fused-ring (bicyclic) bond motifs is 1. The van der Waals surface area contributed by atoms with Gasteiger partial charge in [-0.1, -0.05) is 11.6 Å². The normalized spacial score (nSPS) is 16.3. The van der Waals surface area contributed by atoms with Gasteiger partial charge in [0.05, 0.1) is 11.4 Å². The van der Waals surface area contributed by atoms with Crippen LogP contribution in [0.4, 0.5) is 10.3 Å². The summed E-state index contributed by atoms with van der Waals surface area (Å²) in [5.41, 5.74) is 6.83. The van der Waals surface area contributed by atoms with Crippen molar-refractivity contribution in [3.8, 4) is 11.3 Å². The summed E-state index contributed by atoms with van der Waals surface area (Å²) < 4.78 is 15.8. The third kappa shape index (κ3) is 2.03. The fourth-order valence-electron chi connectivity index (χ4n) is 2.37. The molecule has 0 atom stereocenters. The molecule has 0 radical (unpaired) electrons. The van der Waals surface area contributed by atoms with Crippen molar-refractivity contribution in [1.29, 1.82) is 0 Å². The number of nitrogens with two attached hydrogens (primary N) is 1. The van der Waals surface area contributed by atoms with Crippen molar-refractivity contribution >= 4 is 23.2 Å². The van der Waals surface area contributed by atoms with E-state index in [1.165, 1.54) is 0 Å². The molecule has 0 amide bonds. The lowest BCUT2D eigenvalue weighted by molar-refractivity contribution is 0.309. The van der Waals surface area contributed by atoms with E-state index < -0.39 is 5.67 Å². The van der Waals surface area contributed by atoms with E-state index in [1.807, 2.05) is 0 Å². The van der Waals surface area contributed by atoms with Gasteiger partial charge in [0.1, 0.15) is 0 Å². The van der Waals surface area contributed by atoms with Crippen LogP contribution in [0.5, 0.6) is 0 Å². The van der Waals surface area contributed by atoms with Crippen molar-refractivity contribution in [3.63, 3.8) is 0 Å². The smallest absolute Gasteiger partial charge is 0.240 e. The van der Waals surface area contributed by atoms with E-state index in [2.05, 4.69) is 15.1 Å². The molecule has 1 fully saturated rings. The number of hydrogen-bond donors (Lipinski definition) is 1. The number of alkyl halides is 1. The Hall–Kier alpha value is -2.21. The summed E-state index contributed by atoms with van der Waals surface area (Å²) in [5, 5.41) is 4.67. The van der Waals surface area contributed by atoms with Gasteiger partial charge in [-0.25, -0.2) is 8.91 Å². The largest absolute Gasteiger partial charge is 0.366 e. The second kappa shape index (κ2) is 4.14. The van der Waals surface area contributed by atoms with Crippen molar-refractivity contribution in [2.24, 2.45) is 0 Å². The first-order valence-electron chi connectivity index (χ1n) is 6.53. The van der Waals surface area contributed by atoms with E-state index in [4.69, 9.17) is 17.3 Å². The Bertz CT molecular complexity index is 856. The minimum absolute atomic E-state index is 0.164. The highest BCUT2D eigenvalue weighted by atomic mass is 35.5. The molecular formula is C14H11ClFN5. The molecule has 1 saturated carbocycles. The fourth-order valence-corrected chi connectivity index (χ4v) is 2.58. The van der Waals surface area contributed by atoms with Gasteiger partial charge in [0.15, 0.2) is 11.3 Å². The van der Waals surface area contributed by atoms with Gasteiger partial charge in [0.2, 0.25) is 5.95 Å². The summed E-state index contributed by atoms with van der Waals surface area (Å²) in [7, 11) is 0. The fraction of sp³-hybridized carbons (Fsp3) is 0.214. The lowest BCUT2D eigenvalue weighted by Crippen LogP contribution is -2.02. The first kappa shape index (κ1) is 12.5. The number of halogens is 2. The topological polar surface area (TPSA) is 69.1 Å². The zero-order valence-electron chi connectivity index (χ0n) is 10.9. The molecule has 3 aromatic heterocycles. The number of hydrogen-bond acceptors (Lipinski definition) is 4. The van der Waals surface area contributed by atoms with Gasteiger partial charge >= 0.3 is 0 Å². The van der Waals surface area contributed by atoms with E-state index in [9.17, 15) is 4.39 Å². The van der Waals surface area contributed by atoms with Crippen LogP contribution in [0.2, 0.25) is 5.02 Å². The molecule has 0 aliphatic heterocycles. The third-order valence-electron chi connectivity index (χ3n) is 3.62. The molecule has 2 N–H and O–H groups in total. The van der Waals surface area contributed by atoms with Crippen LogP contribution in [0, 0.1) is 0 Å². The lowest BCUT2D eigenvalue weighted by atomic mass is 10.1. The highest BCUT2D eigenvalue weighted by Gasteiger charge is 2.46. The Labute approximate surface area is 124 Å². The number of aromatic nitrogens is 4. The third-order valence-corrected chi connectivity index (χ3v) is 3.84. The van der Waals surface area contributed by atoms with E-state index in [0.717, 1.165) is 5.56 Å². The highest BCUT2D eigenvalue weighted by Crippen LogP contribution is 2.49. The maximum Gasteiger partial charge on any atom is 0.240 e. The number of pyridine rings is 2. The molecule has 1 aliphatic rings. The quantitative estimate of drug-likeness (QED) is 0.790. The number of anilines is 1. The summed E-state index contributed by atoms with van der Waals surface area (Å²) in [6.45, 7) is 0. The SMILES string of the molecule is Nc1nc2cc(Cl)cc(-c3ccnc(C4(F)CC4)c3)n2n1. The molecule has 0 bridgehead atoms. The Kier molecular flexibility index (Phi) is 2.47. The van der Waals surface area contributed by atoms with Gasteiger partial charge in [-0.05, 0) is 31.0 Å². The average Bonchev–Trinajstić information content (AvgIpc) is 3.10. The van der Waals surface area contributed by atoms with Crippen molar-refractivity contribution in [2.75, 3.05) is 5.73 Å². The van der Waals surface area contributed by atoms with Crippen LogP contribution in [-0.4, -0.2) is 19.6 Å². The van der Waals surface area contributed by atoms with Gasteiger partial charge in [-0.2, -0.15) is 4.98 Å². The molecule has 21 heavy (non-hydrogen) atoms. The predicted molar refractivity (Wildman–Crippen MR) is 77.7 cm³/mol. The van der Waals surface area contributed by atoms with Crippen molar-refractivity contribution in [3.05, 3.63) is 41.2 Å². The molecule has 5 nitrogen and oxygen atoms in total. The lowest BCUT2D eigenvalue weighted by Gasteiger charge is -2.09. The van der Waals surface area contributed by atoms with Gasteiger partial charge in [-0.3, -0.25) is 4.98 Å². The van der Waals surface area contributed by atoms with E-state index >= 15 is 0 Å². The van der Waals surface area contributed by atoms with Crippen molar-refractivity contribution in [2.45, 2.75) is 18.5 Å². The summed E-state index contributed by atoms with van der Waals surface area (Å²) in [6, 6.07) is 6.95. The zero-order chi connectivity index (χ0) is 14.6. The minimum Gasteiger partial charge on any atom is -0.366 e. The molecule has 0 spiro atoms. The van der Waals surface area contributed by atoms with E-state index in [1.54, 1.807) is 35.0 Å². The molecule has 3 aromatic rings. The average molecular weight is 304 g/mol. The van der Waals surface area contributed by atoms with Gasteiger partial charge in [0.25, 0.3) is 0 Å². The summed E-state index contributed by atoms with van der Waals surface area (Å²) in [6.07, 6.45) is 2.63. The van der Waals surface area contributed by atoms with Crippen LogP contribution in [0.15, 0.2) is 30.5 Å². The summed E-state index contributed by atoms with van der Waals surface area (Å²) in [4.78, 5) is 8.23. The van der Waals surface area contributed by atoms with E-state index in [-0.39, 0.29) is 5.95 Å². The van der Waals surface area contributed by atoms with Gasteiger partial charge < -0.3 is 5.73 Å². The molecule has 4 rings (SSSR count). The van der Waals surface area contributed by atoms with Crippen molar-refractivity contribution < 1.29 is 4.39 Å². The molecule has 0 unspecified atom stereocenters. The predicted octanol–water partition coefficient (Wildman–Crippen LogP) is 2.99. The van der Waals surface area contributed by atoms with Gasteiger partial charge in [-0.15, -0.1) is 5.10 Å². The first-order chi connectivity index (χ1) is 10.0. The van der Waals surface area contributed by atoms with Crippen LogP contribution in [0.1, 0.15) is 18.5 Å². The minimum atomic E-state index is -1.28. The zero-order valence-corrected chi connectivity index (χ0v) is 11.7. The Balaban J connectivity index is 1.93. The maximum absolute atomic E-state index is 14.2. The number of rotatable bonds is 2. The maximum atomic E-state index is 14.2. The molecule has 3 heterocycles. The second-order valence-corrected chi connectivity index (χ2v) is 5.63. The molecule has 0 saturated heterocycles. The summed E-state index contributed by atoms with van der Waals surface area (Å²) in [5.74, 6) is 0.164. The van der Waals surface area contributed by atoms with Crippen LogP contribution in [-0.2, 0) is 5.67 Å². The van der Waals surface area contributed by atoms with Crippen LogP contribution in [0.3, 0.4) is 0 Å². The Morgan fingerprint density at radius 3 is 2.86 bits per heavy atom. The van der Waals surface area contributed by atoms with Crippen molar-refractivity contribution in [1.82, 2.24) is 19.6 Å². The molecule has 106 valence electrons. The number of nitrogen functional groups attached to an aromatic ring is 1. The molecule has 7 heteroatoms. The second-order valence-electron chi connectivity index (χ2n) is 5.19. The van der Waals surface area contributed by atoms with Gasteiger partial charge in [0, 0.05) is 22.8 Å². The van der Waals surface area contributed by atoms with Crippen LogP contribution >= 0.6 is 11.6 Å². The molecule has 1 aliphatic carbocycles. The Morgan fingerprint density at radius 2 is 2.10 bits per heavy atom. The highest BCUT2D eigenvalue weighted by molar-refractivity contribution is 6.31. The number of nitrogens with zero attached hydrogens (tertiary/aromatic N) is 4. The standard InChI is InChI=1S/C14H11ClFN5/c15-9-6-10(21-12(7-9)19-13(17)20-21)8-1-4-18-11(5-8)14(16)2-3-14/h1,4-7H,2-3H2,(H2,17,20).